The molecule has 0 atom stereocenters. The Bertz CT molecular complexity index is 935. The van der Waals surface area contributed by atoms with Gasteiger partial charge in [0.05, 0.1) is 18.4 Å². The van der Waals surface area contributed by atoms with E-state index in [-0.39, 0.29) is 6.10 Å². The first-order chi connectivity index (χ1) is 14.0. The van der Waals surface area contributed by atoms with Crippen LogP contribution in [0.1, 0.15) is 30.9 Å². The monoisotopic (exact) mass is 394 g/mol. The van der Waals surface area contributed by atoms with Crippen LogP contribution in [0.15, 0.2) is 59.0 Å². The molecule has 29 heavy (non-hydrogen) atoms. The number of amides is 1. The van der Waals surface area contributed by atoms with Gasteiger partial charge in [0.15, 0.2) is 0 Å². The highest BCUT2D eigenvalue weighted by Crippen LogP contribution is 2.22. The number of ether oxygens (including phenoxy) is 2. The highest BCUT2D eigenvalue weighted by molar-refractivity contribution is 5.67. The Morgan fingerprint density at radius 2 is 1.93 bits per heavy atom. The van der Waals surface area contributed by atoms with Crippen molar-refractivity contribution in [2.45, 2.75) is 39.8 Å². The number of aromatic nitrogens is 1. The summed E-state index contributed by atoms with van der Waals surface area (Å²) >= 11 is 0. The minimum Gasteiger partial charge on any atom is -0.493 e. The largest absolute Gasteiger partial charge is 0.493 e. The number of carbonyl (C=O) groups excluding carboxylic acids is 1. The predicted octanol–water partition coefficient (Wildman–Crippen LogP) is 4.91. The van der Waals surface area contributed by atoms with Crippen LogP contribution in [0.4, 0.5) is 4.79 Å². The topological polar surface area (TPSA) is 73.6 Å². The number of nitrogens with one attached hydrogen (secondary N) is 1. The van der Waals surface area contributed by atoms with Gasteiger partial charge in [-0.25, -0.2) is 9.78 Å². The summed E-state index contributed by atoms with van der Waals surface area (Å²) in [5.74, 6) is 2.17. The molecule has 0 saturated carbocycles. The number of benzene rings is 2. The lowest BCUT2D eigenvalue weighted by atomic mass is 10.2. The summed E-state index contributed by atoms with van der Waals surface area (Å²) in [6.07, 6.45) is 0.0693. The van der Waals surface area contributed by atoms with Crippen molar-refractivity contribution in [2.24, 2.45) is 0 Å². The van der Waals surface area contributed by atoms with Crippen molar-refractivity contribution in [1.82, 2.24) is 10.3 Å². The van der Waals surface area contributed by atoms with Crippen LogP contribution >= 0.6 is 0 Å². The van der Waals surface area contributed by atoms with Crippen molar-refractivity contribution in [3.05, 3.63) is 71.6 Å². The zero-order chi connectivity index (χ0) is 20.6. The molecule has 0 unspecified atom stereocenters. The molecule has 1 heterocycles. The molecule has 0 aliphatic carbocycles. The van der Waals surface area contributed by atoms with Crippen LogP contribution in [0.5, 0.6) is 5.75 Å². The van der Waals surface area contributed by atoms with E-state index in [0.29, 0.717) is 25.5 Å². The van der Waals surface area contributed by atoms with E-state index >= 15 is 0 Å². The SMILES string of the molecule is Cc1oc(-c2ccccc2)nc1CCOc1cccc(CNC(=O)OC(C)C)c1. The van der Waals surface area contributed by atoms with E-state index in [4.69, 9.17) is 13.9 Å². The average Bonchev–Trinajstić information content (AvgIpc) is 3.08. The van der Waals surface area contributed by atoms with Crippen LogP contribution in [0.2, 0.25) is 0 Å². The highest BCUT2D eigenvalue weighted by atomic mass is 16.6. The smallest absolute Gasteiger partial charge is 0.407 e. The summed E-state index contributed by atoms with van der Waals surface area (Å²) < 4.78 is 16.7. The number of nitrogens with zero attached hydrogens (tertiary/aromatic N) is 1. The number of hydrogen-bond acceptors (Lipinski definition) is 5. The Balaban J connectivity index is 1.52. The van der Waals surface area contributed by atoms with E-state index in [1.54, 1.807) is 0 Å². The Morgan fingerprint density at radius 1 is 1.14 bits per heavy atom. The molecule has 6 nitrogen and oxygen atoms in total. The molecular formula is C23H26N2O4. The molecule has 1 N–H and O–H groups in total. The zero-order valence-electron chi connectivity index (χ0n) is 17.0. The molecule has 0 fully saturated rings. The van der Waals surface area contributed by atoms with Gasteiger partial charge < -0.3 is 19.2 Å². The minimum atomic E-state index is -0.429. The van der Waals surface area contributed by atoms with Crippen LogP contribution in [0.3, 0.4) is 0 Å². The number of oxazole rings is 1. The number of hydrogen-bond donors (Lipinski definition) is 1. The van der Waals surface area contributed by atoms with Crippen LogP contribution in [-0.2, 0) is 17.7 Å². The van der Waals surface area contributed by atoms with Crippen molar-refractivity contribution in [3.63, 3.8) is 0 Å². The van der Waals surface area contributed by atoms with E-state index in [9.17, 15) is 4.79 Å². The lowest BCUT2D eigenvalue weighted by Crippen LogP contribution is -2.26. The van der Waals surface area contributed by atoms with Crippen LogP contribution in [0, 0.1) is 6.92 Å². The maximum absolute atomic E-state index is 11.6. The van der Waals surface area contributed by atoms with Gasteiger partial charge in [-0.05, 0) is 50.6 Å². The van der Waals surface area contributed by atoms with Crippen molar-refractivity contribution >= 4 is 6.09 Å². The Morgan fingerprint density at radius 3 is 2.69 bits per heavy atom. The average molecular weight is 394 g/mol. The summed E-state index contributed by atoms with van der Waals surface area (Å²) in [4.78, 5) is 16.2. The fraction of sp³-hybridized carbons (Fsp3) is 0.304. The van der Waals surface area contributed by atoms with Gasteiger partial charge in [0.1, 0.15) is 11.5 Å². The standard InChI is InChI=1S/C23H26N2O4/c1-16(2)28-23(26)24-15-18-8-7-11-20(14-18)27-13-12-21-17(3)29-22(25-21)19-9-5-4-6-10-19/h4-11,14,16H,12-13,15H2,1-3H3,(H,24,26). The summed E-state index contributed by atoms with van der Waals surface area (Å²) in [5, 5.41) is 2.73. The molecule has 2 aromatic carbocycles. The summed E-state index contributed by atoms with van der Waals surface area (Å²) in [6, 6.07) is 17.5. The fourth-order valence-corrected chi connectivity index (χ4v) is 2.80. The number of carbonyl (C=O) groups is 1. The Kier molecular flexibility index (Phi) is 6.89. The summed E-state index contributed by atoms with van der Waals surface area (Å²) in [5.41, 5.74) is 2.78. The Labute approximate surface area is 170 Å². The van der Waals surface area contributed by atoms with E-state index < -0.39 is 6.09 Å². The molecule has 0 spiro atoms. The maximum atomic E-state index is 11.6. The first kappa shape index (κ1) is 20.5. The molecule has 1 amide bonds. The molecule has 3 rings (SSSR count). The van der Waals surface area contributed by atoms with Gasteiger partial charge in [0.2, 0.25) is 5.89 Å². The third kappa shape index (κ3) is 6.10. The van der Waals surface area contributed by atoms with Gasteiger partial charge in [-0.2, -0.15) is 0 Å². The van der Waals surface area contributed by atoms with E-state index in [1.807, 2.05) is 75.4 Å². The van der Waals surface area contributed by atoms with E-state index in [2.05, 4.69) is 10.3 Å². The number of rotatable bonds is 8. The van der Waals surface area contributed by atoms with Crippen molar-refractivity contribution in [3.8, 4) is 17.2 Å². The molecule has 1 aromatic heterocycles. The normalized spacial score (nSPS) is 10.8. The molecule has 0 bridgehead atoms. The zero-order valence-corrected chi connectivity index (χ0v) is 17.0. The van der Waals surface area contributed by atoms with Gasteiger partial charge in [-0.3, -0.25) is 0 Å². The summed E-state index contributed by atoms with van der Waals surface area (Å²) in [7, 11) is 0. The second-order valence-corrected chi connectivity index (χ2v) is 6.94. The van der Waals surface area contributed by atoms with Gasteiger partial charge in [0.25, 0.3) is 0 Å². The summed E-state index contributed by atoms with van der Waals surface area (Å²) in [6.45, 7) is 6.40. The Hall–Kier alpha value is -3.28. The minimum absolute atomic E-state index is 0.146. The maximum Gasteiger partial charge on any atom is 0.407 e. The molecule has 0 aliphatic heterocycles. The van der Waals surface area contributed by atoms with Crippen molar-refractivity contribution < 1.29 is 18.7 Å². The molecule has 6 heteroatoms. The predicted molar refractivity (Wildman–Crippen MR) is 111 cm³/mol. The highest BCUT2D eigenvalue weighted by Gasteiger charge is 2.11. The van der Waals surface area contributed by atoms with Gasteiger partial charge >= 0.3 is 6.09 Å². The van der Waals surface area contributed by atoms with Crippen molar-refractivity contribution in [2.75, 3.05) is 6.61 Å². The van der Waals surface area contributed by atoms with Crippen LogP contribution in [0.25, 0.3) is 11.5 Å². The second-order valence-electron chi connectivity index (χ2n) is 6.94. The lowest BCUT2D eigenvalue weighted by Gasteiger charge is -2.10. The third-order valence-electron chi connectivity index (χ3n) is 4.20. The quantitative estimate of drug-likeness (QED) is 0.588. The number of aryl methyl sites for hydroxylation is 1. The van der Waals surface area contributed by atoms with E-state index in [0.717, 1.165) is 28.3 Å². The number of alkyl carbamates (subject to hydrolysis) is 1. The van der Waals surface area contributed by atoms with E-state index in [1.165, 1.54) is 0 Å². The van der Waals surface area contributed by atoms with Crippen LogP contribution < -0.4 is 10.1 Å². The molecule has 3 aromatic rings. The van der Waals surface area contributed by atoms with Gasteiger partial charge in [-0.1, -0.05) is 30.3 Å². The third-order valence-corrected chi connectivity index (χ3v) is 4.20. The first-order valence-corrected chi connectivity index (χ1v) is 9.69. The molecule has 152 valence electrons. The molecular weight excluding hydrogens is 368 g/mol. The van der Waals surface area contributed by atoms with Crippen LogP contribution in [-0.4, -0.2) is 23.8 Å². The van der Waals surface area contributed by atoms with Gasteiger partial charge in [-0.15, -0.1) is 0 Å². The second kappa shape index (κ2) is 9.78. The van der Waals surface area contributed by atoms with Crippen molar-refractivity contribution in [1.29, 1.82) is 0 Å². The lowest BCUT2D eigenvalue weighted by molar-refractivity contribution is 0.115. The first-order valence-electron chi connectivity index (χ1n) is 9.69. The molecule has 0 saturated heterocycles. The molecule has 0 aliphatic rings. The molecule has 0 radical (unpaired) electrons. The van der Waals surface area contributed by atoms with Gasteiger partial charge in [0, 0.05) is 18.5 Å². The fourth-order valence-electron chi connectivity index (χ4n) is 2.80.